The Morgan fingerprint density at radius 1 is 1.05 bits per heavy atom. The Bertz CT molecular complexity index is 389. The molecule has 19 heavy (non-hydrogen) atoms. The SMILES string of the molecule is OC[C@@H](Cc1ccccc1)N1CC2(CCCCC2)C1. The molecule has 0 unspecified atom stereocenters. The van der Waals surface area contributed by atoms with Gasteiger partial charge in [0.15, 0.2) is 0 Å². The Morgan fingerprint density at radius 2 is 1.74 bits per heavy atom. The Balaban J connectivity index is 1.56. The Kier molecular flexibility index (Phi) is 3.90. The van der Waals surface area contributed by atoms with Crippen LogP contribution in [0.2, 0.25) is 0 Å². The topological polar surface area (TPSA) is 23.5 Å². The molecule has 0 bridgehead atoms. The molecule has 1 aliphatic carbocycles. The van der Waals surface area contributed by atoms with Crippen LogP contribution in [-0.4, -0.2) is 35.7 Å². The van der Waals surface area contributed by atoms with Crippen LogP contribution in [0.25, 0.3) is 0 Å². The molecule has 0 radical (unpaired) electrons. The smallest absolute Gasteiger partial charge is 0.0590 e. The number of likely N-dealkylation sites (tertiary alicyclic amines) is 1. The third-order valence-corrected chi connectivity index (χ3v) is 5.03. The van der Waals surface area contributed by atoms with Crippen molar-refractivity contribution in [3.8, 4) is 0 Å². The summed E-state index contributed by atoms with van der Waals surface area (Å²) in [6.07, 6.45) is 8.05. The molecule has 3 rings (SSSR count). The van der Waals surface area contributed by atoms with Crippen LogP contribution in [-0.2, 0) is 6.42 Å². The van der Waals surface area contributed by atoms with Gasteiger partial charge >= 0.3 is 0 Å². The second-order valence-corrected chi connectivity index (χ2v) is 6.49. The lowest BCUT2D eigenvalue weighted by molar-refractivity contribution is -0.0661. The fourth-order valence-corrected chi connectivity index (χ4v) is 3.89. The van der Waals surface area contributed by atoms with Crippen LogP contribution >= 0.6 is 0 Å². The van der Waals surface area contributed by atoms with E-state index in [9.17, 15) is 5.11 Å². The van der Waals surface area contributed by atoms with Gasteiger partial charge in [0.25, 0.3) is 0 Å². The summed E-state index contributed by atoms with van der Waals surface area (Å²) in [5.74, 6) is 0. The number of hydrogen-bond acceptors (Lipinski definition) is 2. The maximum atomic E-state index is 9.67. The van der Waals surface area contributed by atoms with E-state index in [-0.39, 0.29) is 6.61 Å². The monoisotopic (exact) mass is 259 g/mol. The Morgan fingerprint density at radius 3 is 2.37 bits per heavy atom. The van der Waals surface area contributed by atoms with Crippen LogP contribution in [0.15, 0.2) is 30.3 Å². The first kappa shape index (κ1) is 13.1. The zero-order valence-corrected chi connectivity index (χ0v) is 11.7. The summed E-state index contributed by atoms with van der Waals surface area (Å²) in [6, 6.07) is 10.9. The third kappa shape index (κ3) is 2.85. The van der Waals surface area contributed by atoms with Crippen LogP contribution in [0.3, 0.4) is 0 Å². The number of hydrogen-bond donors (Lipinski definition) is 1. The molecule has 0 aromatic heterocycles. The van der Waals surface area contributed by atoms with E-state index in [0.717, 1.165) is 6.42 Å². The van der Waals surface area contributed by atoms with E-state index in [4.69, 9.17) is 0 Å². The molecule has 104 valence electrons. The van der Waals surface area contributed by atoms with Gasteiger partial charge in [-0.2, -0.15) is 0 Å². The predicted molar refractivity (Wildman–Crippen MR) is 78.1 cm³/mol. The number of rotatable bonds is 4. The summed E-state index contributed by atoms with van der Waals surface area (Å²) in [5, 5.41) is 9.67. The Hall–Kier alpha value is -0.860. The van der Waals surface area contributed by atoms with Gasteiger partial charge in [0.05, 0.1) is 6.61 Å². The van der Waals surface area contributed by atoms with Crippen LogP contribution in [0.1, 0.15) is 37.7 Å². The van der Waals surface area contributed by atoms with Crippen molar-refractivity contribution < 1.29 is 5.11 Å². The lowest BCUT2D eigenvalue weighted by Gasteiger charge is -2.55. The van der Waals surface area contributed by atoms with Crippen molar-refractivity contribution in [3.05, 3.63) is 35.9 Å². The van der Waals surface area contributed by atoms with Crippen molar-refractivity contribution in [2.75, 3.05) is 19.7 Å². The van der Waals surface area contributed by atoms with Crippen molar-refractivity contribution in [2.24, 2.45) is 5.41 Å². The summed E-state index contributed by atoms with van der Waals surface area (Å²) in [7, 11) is 0. The lowest BCUT2D eigenvalue weighted by Crippen LogP contribution is -2.61. The third-order valence-electron chi connectivity index (χ3n) is 5.03. The van der Waals surface area contributed by atoms with Crippen LogP contribution in [0.4, 0.5) is 0 Å². The zero-order chi connectivity index (χ0) is 13.1. The predicted octanol–water partition coefficient (Wildman–Crippen LogP) is 2.86. The molecule has 1 heterocycles. The average molecular weight is 259 g/mol. The van der Waals surface area contributed by atoms with Gasteiger partial charge in [0, 0.05) is 19.1 Å². The first-order valence-electron chi connectivity index (χ1n) is 7.70. The van der Waals surface area contributed by atoms with Crippen LogP contribution in [0, 0.1) is 5.41 Å². The van der Waals surface area contributed by atoms with Crippen molar-refractivity contribution in [2.45, 2.75) is 44.6 Å². The molecule has 1 N–H and O–H groups in total. The molecule has 2 fully saturated rings. The quantitative estimate of drug-likeness (QED) is 0.899. The minimum Gasteiger partial charge on any atom is -0.395 e. The second kappa shape index (κ2) is 5.64. The molecule has 2 aliphatic rings. The highest BCUT2D eigenvalue weighted by atomic mass is 16.3. The van der Waals surface area contributed by atoms with Crippen LogP contribution < -0.4 is 0 Å². The van der Waals surface area contributed by atoms with Crippen molar-refractivity contribution >= 4 is 0 Å². The zero-order valence-electron chi connectivity index (χ0n) is 11.7. The fourth-order valence-electron chi connectivity index (χ4n) is 3.89. The van der Waals surface area contributed by atoms with Crippen molar-refractivity contribution in [3.63, 3.8) is 0 Å². The molecular formula is C17H25NO. The summed E-state index contributed by atoms with van der Waals surface area (Å²) in [4.78, 5) is 2.50. The molecule has 2 heteroatoms. The van der Waals surface area contributed by atoms with E-state index in [1.54, 1.807) is 0 Å². The summed E-state index contributed by atoms with van der Waals surface area (Å²) >= 11 is 0. The fraction of sp³-hybridized carbons (Fsp3) is 0.647. The highest BCUT2D eigenvalue weighted by Gasteiger charge is 2.45. The molecular weight excluding hydrogens is 234 g/mol. The van der Waals surface area contributed by atoms with Gasteiger partial charge in [-0.15, -0.1) is 0 Å². The van der Waals surface area contributed by atoms with Crippen molar-refractivity contribution in [1.29, 1.82) is 0 Å². The van der Waals surface area contributed by atoms with E-state index < -0.39 is 0 Å². The molecule has 1 aliphatic heterocycles. The normalized spacial score (nSPS) is 24.1. The van der Waals surface area contributed by atoms with Gasteiger partial charge in [-0.05, 0) is 30.2 Å². The first-order valence-corrected chi connectivity index (χ1v) is 7.70. The van der Waals surface area contributed by atoms with Gasteiger partial charge in [0.2, 0.25) is 0 Å². The molecule has 1 atom stereocenters. The highest BCUT2D eigenvalue weighted by molar-refractivity contribution is 5.16. The van der Waals surface area contributed by atoms with Gasteiger partial charge in [-0.25, -0.2) is 0 Å². The molecule has 2 nitrogen and oxygen atoms in total. The lowest BCUT2D eigenvalue weighted by atomic mass is 9.68. The van der Waals surface area contributed by atoms with Gasteiger partial charge in [0.1, 0.15) is 0 Å². The molecule has 1 aromatic rings. The van der Waals surface area contributed by atoms with E-state index in [1.807, 2.05) is 0 Å². The van der Waals surface area contributed by atoms with Crippen LogP contribution in [0.5, 0.6) is 0 Å². The molecule has 1 aromatic carbocycles. The summed E-state index contributed by atoms with van der Waals surface area (Å²) in [5.41, 5.74) is 1.95. The molecule has 1 spiro atoms. The average Bonchev–Trinajstić information content (AvgIpc) is 2.44. The van der Waals surface area contributed by atoms with Gasteiger partial charge in [-0.3, -0.25) is 4.90 Å². The Labute approximate surface area is 116 Å². The second-order valence-electron chi connectivity index (χ2n) is 6.49. The first-order chi connectivity index (χ1) is 9.31. The minimum absolute atomic E-state index is 0.283. The maximum absolute atomic E-state index is 9.67. The standard InChI is InChI=1S/C17H25NO/c19-12-16(11-15-7-3-1-4-8-15)18-13-17(14-18)9-5-2-6-10-17/h1,3-4,7-8,16,19H,2,5-6,9-14H2/t16-/m1/s1. The van der Waals surface area contributed by atoms with E-state index in [2.05, 4.69) is 35.2 Å². The van der Waals surface area contributed by atoms with E-state index >= 15 is 0 Å². The molecule has 1 saturated heterocycles. The molecule has 0 amide bonds. The highest BCUT2D eigenvalue weighted by Crippen LogP contribution is 2.44. The molecule has 1 saturated carbocycles. The summed E-state index contributed by atoms with van der Waals surface area (Å²) < 4.78 is 0. The van der Waals surface area contributed by atoms with E-state index in [0.29, 0.717) is 11.5 Å². The van der Waals surface area contributed by atoms with E-state index in [1.165, 1.54) is 50.8 Å². The minimum atomic E-state index is 0.283. The van der Waals surface area contributed by atoms with Gasteiger partial charge in [-0.1, -0.05) is 49.6 Å². The maximum Gasteiger partial charge on any atom is 0.0590 e. The van der Waals surface area contributed by atoms with Crippen molar-refractivity contribution in [1.82, 2.24) is 4.90 Å². The largest absolute Gasteiger partial charge is 0.395 e. The number of nitrogens with zero attached hydrogens (tertiary/aromatic N) is 1. The van der Waals surface area contributed by atoms with Gasteiger partial charge < -0.3 is 5.11 Å². The number of benzene rings is 1. The number of aliphatic hydroxyl groups excluding tert-OH is 1. The summed E-state index contributed by atoms with van der Waals surface area (Å²) in [6.45, 7) is 2.71. The number of aliphatic hydroxyl groups is 1.